The SMILES string of the molecule is C.C.C.C.C.C.CCCC[Si](C)(O[Si](C)(C)O[Si](C)(C)C)O[Si](C)(C)O[Si](C)(C)C. The summed E-state index contributed by atoms with van der Waals surface area (Å²) in [6.45, 7) is 26.5. The molecule has 0 rings (SSSR count). The number of hydrogen-bond acceptors (Lipinski definition) is 4. The van der Waals surface area contributed by atoms with Gasteiger partial charge in [0.2, 0.25) is 0 Å². The van der Waals surface area contributed by atoms with Gasteiger partial charge in [-0.3, -0.25) is 0 Å². The molecule has 0 aliphatic heterocycles. The molecule has 4 nitrogen and oxygen atoms in total. The molecule has 0 aromatic heterocycles. The molecule has 0 N–H and O–H groups in total. The van der Waals surface area contributed by atoms with Gasteiger partial charge in [0.05, 0.1) is 0 Å². The highest BCUT2D eigenvalue weighted by Gasteiger charge is 2.46. The van der Waals surface area contributed by atoms with Crippen molar-refractivity contribution in [2.45, 2.75) is 142 Å². The van der Waals surface area contributed by atoms with Crippen molar-refractivity contribution in [1.29, 1.82) is 0 Å². The summed E-state index contributed by atoms with van der Waals surface area (Å²) in [5, 5.41) is 0. The number of unbranched alkanes of at least 4 members (excludes halogenated alkanes) is 1. The molecular weight excluding hydrogens is 457 g/mol. The summed E-state index contributed by atoms with van der Waals surface area (Å²) in [4.78, 5) is 0. The van der Waals surface area contributed by atoms with E-state index in [9.17, 15) is 0 Å². The van der Waals surface area contributed by atoms with Crippen molar-refractivity contribution in [2.24, 2.45) is 0 Å². The molecule has 0 saturated carbocycles. The minimum absolute atomic E-state index is 0. The van der Waals surface area contributed by atoms with Gasteiger partial charge < -0.3 is 16.5 Å². The van der Waals surface area contributed by atoms with E-state index in [2.05, 4.69) is 78.9 Å². The van der Waals surface area contributed by atoms with Crippen LogP contribution in [-0.4, -0.2) is 42.3 Å². The van der Waals surface area contributed by atoms with Crippen molar-refractivity contribution in [1.82, 2.24) is 0 Å². The maximum Gasteiger partial charge on any atom is 0.317 e. The normalized spacial score (nSPS) is 12.0. The lowest BCUT2D eigenvalue weighted by atomic mass is 10.4. The molecule has 30 heavy (non-hydrogen) atoms. The van der Waals surface area contributed by atoms with Crippen LogP contribution in [0.1, 0.15) is 64.3 Å². The first-order valence-corrected chi connectivity index (χ1v) is 24.2. The van der Waals surface area contributed by atoms with Gasteiger partial charge in [-0.05, 0) is 78.1 Å². The summed E-state index contributed by atoms with van der Waals surface area (Å²) in [7, 11) is -10.00. The number of hydrogen-bond donors (Lipinski definition) is 0. The van der Waals surface area contributed by atoms with Crippen molar-refractivity contribution in [2.75, 3.05) is 0 Å². The van der Waals surface area contributed by atoms with Gasteiger partial charge >= 0.3 is 25.7 Å². The van der Waals surface area contributed by atoms with Crippen molar-refractivity contribution in [3.63, 3.8) is 0 Å². The van der Waals surface area contributed by atoms with E-state index >= 15 is 0 Å². The van der Waals surface area contributed by atoms with Crippen molar-refractivity contribution >= 4 is 42.3 Å². The van der Waals surface area contributed by atoms with Crippen LogP contribution in [0.2, 0.25) is 78.1 Å². The van der Waals surface area contributed by atoms with E-state index in [1.807, 2.05) is 0 Å². The number of rotatable bonds is 11. The van der Waals surface area contributed by atoms with Crippen molar-refractivity contribution in [3.05, 3.63) is 0 Å². The Balaban J connectivity index is -0.000000176. The average Bonchev–Trinajstić information content (AvgIpc) is 2.16. The molecule has 9 heteroatoms. The first-order chi connectivity index (χ1) is 10.4. The van der Waals surface area contributed by atoms with Gasteiger partial charge in [-0.25, -0.2) is 0 Å². The van der Waals surface area contributed by atoms with Crippen molar-refractivity contribution < 1.29 is 16.5 Å². The highest BCUT2D eigenvalue weighted by atomic mass is 28.5. The molecule has 0 aromatic carbocycles. The molecule has 194 valence electrons. The third-order valence-corrected chi connectivity index (χ3v) is 20.5. The summed E-state index contributed by atoms with van der Waals surface area (Å²) in [6.07, 6.45) is 2.29. The highest BCUT2D eigenvalue weighted by Crippen LogP contribution is 2.29. The standard InChI is InChI=1S/C15H42O4Si5.6CH4/c1-13-14-15-24(12,18-22(8,9)16-20(2,3)4)19-23(10,11)17-21(5,6)7;;;;;;/h13-15H2,1-12H3;6*1H4. The monoisotopic (exact) mass is 522 g/mol. The van der Waals surface area contributed by atoms with E-state index in [0.29, 0.717) is 0 Å². The third-order valence-electron chi connectivity index (χ3n) is 3.01. The fraction of sp³-hybridized carbons (Fsp3) is 1.00. The van der Waals surface area contributed by atoms with Gasteiger partial charge in [0, 0.05) is 0 Å². The highest BCUT2D eigenvalue weighted by molar-refractivity contribution is 6.90. The van der Waals surface area contributed by atoms with Crippen LogP contribution < -0.4 is 0 Å². The fourth-order valence-corrected chi connectivity index (χ4v) is 26.7. The van der Waals surface area contributed by atoms with Gasteiger partial charge in [-0.2, -0.15) is 0 Å². The molecule has 0 atom stereocenters. The second kappa shape index (κ2) is 17.4. The zero-order valence-electron chi connectivity index (χ0n) is 18.3. The Morgan fingerprint density at radius 1 is 0.467 bits per heavy atom. The van der Waals surface area contributed by atoms with Crippen LogP contribution >= 0.6 is 0 Å². The van der Waals surface area contributed by atoms with Crippen LogP contribution in [-0.2, 0) is 16.5 Å². The van der Waals surface area contributed by atoms with Gasteiger partial charge in [-0.15, -0.1) is 0 Å². The maximum absolute atomic E-state index is 6.69. The Morgan fingerprint density at radius 3 is 0.933 bits per heavy atom. The molecular formula is C21H66O4Si5. The lowest BCUT2D eigenvalue weighted by Gasteiger charge is -2.43. The molecule has 0 unspecified atom stereocenters. The molecule has 0 fully saturated rings. The Morgan fingerprint density at radius 2 is 0.733 bits per heavy atom. The topological polar surface area (TPSA) is 36.9 Å². The molecule has 0 bridgehead atoms. The quantitative estimate of drug-likeness (QED) is 0.253. The lowest BCUT2D eigenvalue weighted by Crippen LogP contribution is -2.59. The van der Waals surface area contributed by atoms with Crippen LogP contribution in [0.4, 0.5) is 0 Å². The van der Waals surface area contributed by atoms with E-state index in [1.54, 1.807) is 0 Å². The summed E-state index contributed by atoms with van der Waals surface area (Å²) in [5.74, 6) is 0. The second-order valence-electron chi connectivity index (χ2n) is 9.67. The van der Waals surface area contributed by atoms with E-state index < -0.39 is 42.3 Å². The minimum atomic E-state index is -2.32. The van der Waals surface area contributed by atoms with Gasteiger partial charge in [0.15, 0.2) is 16.6 Å². The average molecular weight is 523 g/mol. The summed E-state index contributed by atoms with van der Waals surface area (Å²) >= 11 is 0. The van der Waals surface area contributed by atoms with Gasteiger partial charge in [0.25, 0.3) is 0 Å². The second-order valence-corrected chi connectivity index (χ2v) is 29.8. The fourth-order valence-electron chi connectivity index (χ4n) is 3.18. The summed E-state index contributed by atoms with van der Waals surface area (Å²) in [6, 6.07) is 1.01. The molecule has 0 aliphatic carbocycles. The Hall–Kier alpha value is 0.924. The van der Waals surface area contributed by atoms with Crippen LogP contribution in [0.15, 0.2) is 0 Å². The van der Waals surface area contributed by atoms with Crippen LogP contribution in [0.3, 0.4) is 0 Å². The van der Waals surface area contributed by atoms with Crippen LogP contribution in [0, 0.1) is 0 Å². The van der Waals surface area contributed by atoms with Gasteiger partial charge in [0.1, 0.15) is 0 Å². The van der Waals surface area contributed by atoms with E-state index in [-0.39, 0.29) is 44.6 Å². The van der Waals surface area contributed by atoms with E-state index in [1.165, 1.54) is 0 Å². The summed E-state index contributed by atoms with van der Waals surface area (Å²) < 4.78 is 26.2. The van der Waals surface area contributed by atoms with E-state index in [0.717, 1.165) is 18.9 Å². The Labute approximate surface area is 200 Å². The first-order valence-electron chi connectivity index (χ1n) is 9.19. The van der Waals surface area contributed by atoms with Crippen LogP contribution in [0.5, 0.6) is 0 Å². The van der Waals surface area contributed by atoms with E-state index in [4.69, 9.17) is 16.5 Å². The van der Waals surface area contributed by atoms with Crippen molar-refractivity contribution in [3.8, 4) is 0 Å². The predicted octanol–water partition coefficient (Wildman–Crippen LogP) is 9.81. The molecule has 0 amide bonds. The zero-order chi connectivity index (χ0) is 19.4. The lowest BCUT2D eigenvalue weighted by molar-refractivity contribution is 0.292. The molecule has 0 aliphatic rings. The molecule has 0 radical (unpaired) electrons. The molecule has 0 saturated heterocycles. The predicted molar refractivity (Wildman–Crippen MR) is 158 cm³/mol. The minimum Gasteiger partial charge on any atom is -0.437 e. The summed E-state index contributed by atoms with van der Waals surface area (Å²) in [5.41, 5.74) is 0. The van der Waals surface area contributed by atoms with Gasteiger partial charge in [-0.1, -0.05) is 64.3 Å². The maximum atomic E-state index is 6.69. The van der Waals surface area contributed by atoms with Crippen LogP contribution in [0.25, 0.3) is 0 Å². The Kier molecular flexibility index (Phi) is 28.1. The largest absolute Gasteiger partial charge is 0.437 e. The molecule has 0 spiro atoms. The smallest absolute Gasteiger partial charge is 0.317 e. The molecule has 0 heterocycles. The zero-order valence-corrected chi connectivity index (χ0v) is 23.3. The molecule has 0 aromatic rings. The third kappa shape index (κ3) is 25.2. The first kappa shape index (κ1) is 48.4. The Bertz CT molecular complexity index is 362.